The maximum Gasteiger partial charge on any atom is 0.272 e. The minimum absolute atomic E-state index is 0.0559. The van der Waals surface area contributed by atoms with Gasteiger partial charge in [-0.3, -0.25) is 14.3 Å². The summed E-state index contributed by atoms with van der Waals surface area (Å²) >= 11 is 5.87. The Kier molecular flexibility index (Phi) is 5.32. The molecular weight excluding hydrogens is 451 g/mol. The number of fused-ring (bicyclic) bond motifs is 1. The van der Waals surface area contributed by atoms with Gasteiger partial charge in [0.25, 0.3) is 11.8 Å². The minimum atomic E-state index is -3.76. The third-order valence-corrected chi connectivity index (χ3v) is 8.46. The molecule has 1 aliphatic heterocycles. The first kappa shape index (κ1) is 21.1. The lowest BCUT2D eigenvalue weighted by Gasteiger charge is -2.30. The molecule has 1 N–H and O–H groups in total. The summed E-state index contributed by atoms with van der Waals surface area (Å²) in [6.45, 7) is 0.668. The third kappa shape index (κ3) is 3.81. The molecule has 0 unspecified atom stereocenters. The van der Waals surface area contributed by atoms with Crippen molar-refractivity contribution in [2.45, 2.75) is 30.6 Å². The molecule has 0 atom stereocenters. The van der Waals surface area contributed by atoms with Crippen molar-refractivity contribution in [2.75, 3.05) is 13.1 Å². The number of aromatic nitrogens is 2. The number of nitrogens with zero attached hydrogens (tertiary/aromatic N) is 3. The standard InChI is InChI=1S/C19H20Cl2N4O4S/c1-24-16-14(6-9-25(18(16)27)11-19(7-8-19)30(21,28)29)15(23-24)17(26)22-10-12-2-4-13(20)5-3-12/h2-5H,6-11H2,1H3,(H,22,26). The molecule has 0 radical (unpaired) electrons. The fourth-order valence-corrected chi connectivity index (χ4v) is 5.37. The van der Waals surface area contributed by atoms with E-state index in [4.69, 9.17) is 22.3 Å². The van der Waals surface area contributed by atoms with Crippen molar-refractivity contribution < 1.29 is 18.0 Å². The van der Waals surface area contributed by atoms with E-state index in [0.29, 0.717) is 48.6 Å². The Morgan fingerprint density at radius 3 is 2.53 bits per heavy atom. The lowest BCUT2D eigenvalue weighted by atomic mass is 10.0. The van der Waals surface area contributed by atoms with Gasteiger partial charge in [-0.2, -0.15) is 5.10 Å². The summed E-state index contributed by atoms with van der Waals surface area (Å²) in [6.07, 6.45) is 1.30. The molecule has 2 heterocycles. The molecule has 4 rings (SSSR count). The predicted molar refractivity (Wildman–Crippen MR) is 112 cm³/mol. The van der Waals surface area contributed by atoms with E-state index in [1.165, 1.54) is 9.58 Å². The van der Waals surface area contributed by atoms with Crippen LogP contribution >= 0.6 is 22.3 Å². The Balaban J connectivity index is 1.50. The maximum absolute atomic E-state index is 13.0. The number of rotatable bonds is 6. The molecule has 1 aromatic heterocycles. The van der Waals surface area contributed by atoms with E-state index >= 15 is 0 Å². The summed E-state index contributed by atoms with van der Waals surface area (Å²) in [7, 11) is 3.42. The topological polar surface area (TPSA) is 101 Å². The van der Waals surface area contributed by atoms with Crippen molar-refractivity contribution in [3.63, 3.8) is 0 Å². The van der Waals surface area contributed by atoms with E-state index in [-0.39, 0.29) is 24.1 Å². The molecule has 0 spiro atoms. The highest BCUT2D eigenvalue weighted by molar-refractivity contribution is 8.15. The van der Waals surface area contributed by atoms with Crippen molar-refractivity contribution in [3.8, 4) is 0 Å². The van der Waals surface area contributed by atoms with Crippen molar-refractivity contribution >= 4 is 43.1 Å². The zero-order valence-electron chi connectivity index (χ0n) is 16.2. The smallest absolute Gasteiger partial charge is 0.272 e. The summed E-state index contributed by atoms with van der Waals surface area (Å²) < 4.78 is 24.0. The van der Waals surface area contributed by atoms with Crippen LogP contribution in [-0.2, 0) is 29.1 Å². The number of amides is 2. The molecule has 0 saturated heterocycles. The van der Waals surface area contributed by atoms with Gasteiger partial charge in [-0.1, -0.05) is 23.7 Å². The van der Waals surface area contributed by atoms with Gasteiger partial charge in [-0.05, 0) is 37.0 Å². The van der Waals surface area contributed by atoms with Gasteiger partial charge in [0.2, 0.25) is 9.05 Å². The molecule has 2 aromatic rings. The van der Waals surface area contributed by atoms with Gasteiger partial charge in [0.1, 0.15) is 10.4 Å². The van der Waals surface area contributed by atoms with Crippen LogP contribution in [0.25, 0.3) is 0 Å². The fourth-order valence-electron chi connectivity index (χ4n) is 3.74. The van der Waals surface area contributed by atoms with Gasteiger partial charge in [0, 0.05) is 48.0 Å². The molecule has 1 aromatic carbocycles. The minimum Gasteiger partial charge on any atom is -0.347 e. The van der Waals surface area contributed by atoms with Gasteiger partial charge < -0.3 is 10.2 Å². The van der Waals surface area contributed by atoms with E-state index in [9.17, 15) is 18.0 Å². The zero-order chi connectivity index (χ0) is 21.7. The summed E-state index contributed by atoms with van der Waals surface area (Å²) in [5.74, 6) is -0.709. The van der Waals surface area contributed by atoms with Crippen LogP contribution in [0.2, 0.25) is 5.02 Å². The van der Waals surface area contributed by atoms with E-state index in [1.54, 1.807) is 19.2 Å². The molecular formula is C19H20Cl2N4O4S. The van der Waals surface area contributed by atoms with Crippen LogP contribution in [0.1, 0.15) is 44.9 Å². The van der Waals surface area contributed by atoms with Crippen molar-refractivity contribution in [2.24, 2.45) is 7.05 Å². The monoisotopic (exact) mass is 470 g/mol. The molecule has 160 valence electrons. The lowest BCUT2D eigenvalue weighted by Crippen LogP contribution is -2.45. The molecule has 11 heteroatoms. The number of hydrogen-bond donors (Lipinski definition) is 1. The second kappa shape index (κ2) is 7.55. The first-order valence-corrected chi connectivity index (χ1v) is 12.1. The van der Waals surface area contributed by atoms with Crippen LogP contribution in [0.3, 0.4) is 0 Å². The molecule has 0 bridgehead atoms. The molecule has 1 aliphatic carbocycles. The van der Waals surface area contributed by atoms with E-state index in [2.05, 4.69) is 10.4 Å². The Morgan fingerprint density at radius 1 is 1.27 bits per heavy atom. The Labute approximate surface area is 183 Å². The van der Waals surface area contributed by atoms with Gasteiger partial charge in [0.05, 0.1) is 0 Å². The quantitative estimate of drug-likeness (QED) is 0.651. The highest BCUT2D eigenvalue weighted by Crippen LogP contribution is 2.46. The molecule has 2 aliphatic rings. The predicted octanol–water partition coefficient (Wildman–Crippen LogP) is 2.10. The van der Waals surface area contributed by atoms with Crippen LogP contribution in [0.15, 0.2) is 24.3 Å². The summed E-state index contributed by atoms with van der Waals surface area (Å²) in [4.78, 5) is 27.2. The Hall–Kier alpha value is -2.10. The van der Waals surface area contributed by atoms with Gasteiger partial charge in [-0.15, -0.1) is 0 Å². The van der Waals surface area contributed by atoms with Crippen LogP contribution in [0.4, 0.5) is 0 Å². The van der Waals surface area contributed by atoms with E-state index in [0.717, 1.165) is 5.56 Å². The van der Waals surface area contributed by atoms with Crippen molar-refractivity contribution in [1.82, 2.24) is 20.0 Å². The zero-order valence-corrected chi connectivity index (χ0v) is 18.5. The second-order valence-corrected chi connectivity index (χ2v) is 11.1. The fraction of sp³-hybridized carbons (Fsp3) is 0.421. The highest BCUT2D eigenvalue weighted by Gasteiger charge is 2.55. The summed E-state index contributed by atoms with van der Waals surface area (Å²) in [5, 5.41) is 7.68. The average Bonchev–Trinajstić information content (AvgIpc) is 3.40. The Morgan fingerprint density at radius 2 is 1.93 bits per heavy atom. The first-order chi connectivity index (χ1) is 14.1. The average molecular weight is 471 g/mol. The molecule has 2 amide bonds. The van der Waals surface area contributed by atoms with Crippen LogP contribution in [-0.4, -0.2) is 52.7 Å². The number of carbonyl (C=O) groups excluding carboxylic acids is 2. The number of carbonyl (C=O) groups is 2. The van der Waals surface area contributed by atoms with Crippen LogP contribution in [0, 0.1) is 0 Å². The second-order valence-electron chi connectivity index (χ2n) is 7.71. The van der Waals surface area contributed by atoms with Crippen molar-refractivity contribution in [3.05, 3.63) is 51.8 Å². The summed E-state index contributed by atoms with van der Waals surface area (Å²) in [5.41, 5.74) is 1.98. The van der Waals surface area contributed by atoms with Gasteiger partial charge in [0.15, 0.2) is 5.69 Å². The number of halogens is 2. The van der Waals surface area contributed by atoms with Crippen LogP contribution < -0.4 is 5.32 Å². The molecule has 1 saturated carbocycles. The number of hydrogen-bond acceptors (Lipinski definition) is 5. The normalized spacial score (nSPS) is 17.6. The number of nitrogens with one attached hydrogen (secondary N) is 1. The van der Waals surface area contributed by atoms with Crippen molar-refractivity contribution in [1.29, 1.82) is 0 Å². The number of aryl methyl sites for hydroxylation is 1. The Bertz CT molecular complexity index is 1120. The van der Waals surface area contributed by atoms with E-state index < -0.39 is 13.8 Å². The van der Waals surface area contributed by atoms with E-state index in [1.807, 2.05) is 12.1 Å². The summed E-state index contributed by atoms with van der Waals surface area (Å²) in [6, 6.07) is 7.12. The SMILES string of the molecule is Cn1nc(C(=O)NCc2ccc(Cl)cc2)c2c1C(=O)N(CC1(S(=O)(=O)Cl)CC1)CC2. The van der Waals surface area contributed by atoms with Gasteiger partial charge in [-0.25, -0.2) is 8.42 Å². The molecule has 8 nitrogen and oxygen atoms in total. The lowest BCUT2D eigenvalue weighted by molar-refractivity contribution is 0.0724. The maximum atomic E-state index is 13.0. The largest absolute Gasteiger partial charge is 0.347 e. The first-order valence-electron chi connectivity index (χ1n) is 9.43. The van der Waals surface area contributed by atoms with Gasteiger partial charge >= 0.3 is 0 Å². The molecule has 1 fully saturated rings. The van der Waals surface area contributed by atoms with Crippen LogP contribution in [0.5, 0.6) is 0 Å². The third-order valence-electron chi connectivity index (χ3n) is 5.65. The molecule has 30 heavy (non-hydrogen) atoms. The number of benzene rings is 1. The highest BCUT2D eigenvalue weighted by atomic mass is 35.7.